The summed E-state index contributed by atoms with van der Waals surface area (Å²) in [4.78, 5) is 15.1. The Bertz CT molecular complexity index is 1130. The fourth-order valence-electron chi connectivity index (χ4n) is 4.50. The normalized spacial score (nSPS) is 12.2. The van der Waals surface area contributed by atoms with Gasteiger partial charge in [0.1, 0.15) is 5.75 Å². The SMILES string of the molecule is CC(C)c1cccc(C(C)C)c1NC(=O)NCC(NCc1ccc(O)c(CN(C)C)c1)c1ccccc1. The molecule has 3 aromatic rings. The molecule has 2 amide bonds. The molecular weight excluding hydrogens is 460 g/mol. The molecule has 198 valence electrons. The van der Waals surface area contributed by atoms with Gasteiger partial charge in [-0.1, -0.05) is 82.3 Å². The number of anilines is 1. The van der Waals surface area contributed by atoms with Gasteiger partial charge in [-0.15, -0.1) is 0 Å². The first-order chi connectivity index (χ1) is 17.7. The number of benzene rings is 3. The van der Waals surface area contributed by atoms with E-state index in [1.54, 1.807) is 6.07 Å². The summed E-state index contributed by atoms with van der Waals surface area (Å²) in [6.07, 6.45) is 0. The fraction of sp³-hybridized carbons (Fsp3) is 0.387. The number of hydrogen-bond acceptors (Lipinski definition) is 4. The number of phenolic OH excluding ortho intramolecular Hbond substituents is 1. The van der Waals surface area contributed by atoms with Crippen molar-refractivity contribution in [2.45, 2.75) is 58.7 Å². The van der Waals surface area contributed by atoms with E-state index < -0.39 is 0 Å². The van der Waals surface area contributed by atoms with Crippen LogP contribution in [0.1, 0.15) is 73.4 Å². The quantitative estimate of drug-likeness (QED) is 0.246. The minimum atomic E-state index is -0.212. The summed E-state index contributed by atoms with van der Waals surface area (Å²) in [7, 11) is 3.96. The Morgan fingerprint density at radius 1 is 0.892 bits per heavy atom. The van der Waals surface area contributed by atoms with Gasteiger partial charge in [-0.3, -0.25) is 0 Å². The zero-order chi connectivity index (χ0) is 26.9. The Labute approximate surface area is 222 Å². The van der Waals surface area contributed by atoms with Gasteiger partial charge in [0.15, 0.2) is 0 Å². The molecule has 0 aliphatic heterocycles. The molecule has 1 unspecified atom stereocenters. The number of nitrogens with one attached hydrogen (secondary N) is 3. The van der Waals surface area contributed by atoms with Gasteiger partial charge in [-0.05, 0) is 60.3 Å². The van der Waals surface area contributed by atoms with Crippen molar-refractivity contribution >= 4 is 11.7 Å². The van der Waals surface area contributed by atoms with Crippen molar-refractivity contribution in [2.75, 3.05) is 26.0 Å². The first kappa shape index (κ1) is 28.2. The van der Waals surface area contributed by atoms with Gasteiger partial charge in [-0.25, -0.2) is 4.79 Å². The zero-order valence-corrected chi connectivity index (χ0v) is 23.0. The highest BCUT2D eigenvalue weighted by Gasteiger charge is 2.18. The van der Waals surface area contributed by atoms with Gasteiger partial charge in [0.05, 0.1) is 0 Å². The second-order valence-electron chi connectivity index (χ2n) is 10.5. The summed E-state index contributed by atoms with van der Waals surface area (Å²) in [5.74, 6) is 0.906. The van der Waals surface area contributed by atoms with Gasteiger partial charge in [0.2, 0.25) is 0 Å². The molecule has 0 aliphatic rings. The van der Waals surface area contributed by atoms with E-state index in [9.17, 15) is 9.90 Å². The predicted molar refractivity (Wildman–Crippen MR) is 153 cm³/mol. The summed E-state index contributed by atoms with van der Waals surface area (Å²) in [6, 6.07) is 21.8. The number of aromatic hydroxyl groups is 1. The van der Waals surface area contributed by atoms with E-state index in [-0.39, 0.29) is 12.1 Å². The lowest BCUT2D eigenvalue weighted by Crippen LogP contribution is -2.37. The third-order valence-electron chi connectivity index (χ3n) is 6.46. The number of phenols is 1. The van der Waals surface area contributed by atoms with Crippen LogP contribution in [-0.2, 0) is 13.1 Å². The second kappa shape index (κ2) is 13.3. The predicted octanol–water partition coefficient (Wildman–Crippen LogP) is 6.35. The summed E-state index contributed by atoms with van der Waals surface area (Å²) in [5, 5.41) is 20.0. The Hall–Kier alpha value is -3.35. The number of nitrogens with zero attached hydrogens (tertiary/aromatic N) is 1. The van der Waals surface area contributed by atoms with Crippen molar-refractivity contribution in [1.29, 1.82) is 0 Å². The van der Waals surface area contributed by atoms with E-state index in [0.717, 1.165) is 33.5 Å². The standard InChI is InChI=1S/C31H42N4O2/c1-21(2)26-13-10-14-27(22(3)4)30(26)34-31(37)33-19-28(24-11-8-7-9-12-24)32-18-23-15-16-29(36)25(17-23)20-35(5)6/h7-17,21-22,28,32,36H,18-20H2,1-6H3,(H2,33,34,37). The molecule has 0 heterocycles. The van der Waals surface area contributed by atoms with Crippen LogP contribution in [-0.4, -0.2) is 36.7 Å². The molecule has 0 radical (unpaired) electrons. The number of rotatable bonds is 11. The molecule has 6 nitrogen and oxygen atoms in total. The van der Waals surface area contributed by atoms with Gasteiger partial charge in [0.25, 0.3) is 0 Å². The molecule has 0 bridgehead atoms. The van der Waals surface area contributed by atoms with Crippen molar-refractivity contribution in [1.82, 2.24) is 15.5 Å². The van der Waals surface area contributed by atoms with E-state index in [1.807, 2.05) is 49.3 Å². The average Bonchev–Trinajstić information content (AvgIpc) is 2.86. The number of urea groups is 1. The molecule has 0 aliphatic carbocycles. The lowest BCUT2D eigenvalue weighted by atomic mass is 9.93. The smallest absolute Gasteiger partial charge is 0.319 e. The number of hydrogen-bond donors (Lipinski definition) is 4. The van der Waals surface area contributed by atoms with E-state index in [1.165, 1.54) is 0 Å². The minimum Gasteiger partial charge on any atom is -0.508 e. The van der Waals surface area contributed by atoms with Gasteiger partial charge >= 0.3 is 6.03 Å². The van der Waals surface area contributed by atoms with Crippen LogP contribution in [0.3, 0.4) is 0 Å². The molecule has 0 spiro atoms. The molecule has 0 fully saturated rings. The maximum Gasteiger partial charge on any atom is 0.319 e. The molecule has 37 heavy (non-hydrogen) atoms. The molecule has 1 atom stereocenters. The number of para-hydroxylation sites is 1. The van der Waals surface area contributed by atoms with Crippen LogP contribution in [0.15, 0.2) is 66.7 Å². The van der Waals surface area contributed by atoms with E-state index >= 15 is 0 Å². The van der Waals surface area contributed by atoms with Crippen LogP contribution >= 0.6 is 0 Å². The number of amides is 2. The largest absolute Gasteiger partial charge is 0.508 e. The minimum absolute atomic E-state index is 0.0806. The van der Waals surface area contributed by atoms with E-state index in [2.05, 4.69) is 74.0 Å². The molecule has 3 aromatic carbocycles. The molecule has 0 aromatic heterocycles. The highest BCUT2D eigenvalue weighted by Crippen LogP contribution is 2.32. The fourth-order valence-corrected chi connectivity index (χ4v) is 4.50. The lowest BCUT2D eigenvalue weighted by Gasteiger charge is -2.23. The Morgan fingerprint density at radius 2 is 1.54 bits per heavy atom. The third kappa shape index (κ3) is 8.07. The maximum absolute atomic E-state index is 13.1. The van der Waals surface area contributed by atoms with Crippen molar-refractivity contribution in [3.63, 3.8) is 0 Å². The summed E-state index contributed by atoms with van der Waals surface area (Å²) in [5.41, 5.74) is 6.25. The molecule has 0 saturated heterocycles. The van der Waals surface area contributed by atoms with Gasteiger partial charge in [0, 0.05) is 36.9 Å². The zero-order valence-electron chi connectivity index (χ0n) is 23.0. The topological polar surface area (TPSA) is 76.6 Å². The summed E-state index contributed by atoms with van der Waals surface area (Å²) >= 11 is 0. The van der Waals surface area contributed by atoms with Crippen LogP contribution in [0.25, 0.3) is 0 Å². The summed E-state index contributed by atoms with van der Waals surface area (Å²) in [6.45, 7) is 10.3. The lowest BCUT2D eigenvalue weighted by molar-refractivity contribution is 0.250. The van der Waals surface area contributed by atoms with E-state index in [4.69, 9.17) is 0 Å². The molecule has 4 N–H and O–H groups in total. The van der Waals surface area contributed by atoms with Crippen molar-refractivity contribution in [3.8, 4) is 5.75 Å². The first-order valence-corrected chi connectivity index (χ1v) is 13.1. The molecule has 3 rings (SSSR count). The van der Waals surface area contributed by atoms with Crippen molar-refractivity contribution < 1.29 is 9.90 Å². The van der Waals surface area contributed by atoms with Crippen LogP contribution in [0, 0.1) is 0 Å². The maximum atomic E-state index is 13.1. The number of carbonyl (C=O) groups excluding carboxylic acids is 1. The Balaban J connectivity index is 1.72. The van der Waals surface area contributed by atoms with Crippen molar-refractivity contribution in [3.05, 3.63) is 94.5 Å². The number of carbonyl (C=O) groups is 1. The van der Waals surface area contributed by atoms with E-state index in [0.29, 0.717) is 37.2 Å². The molecule has 6 heteroatoms. The van der Waals surface area contributed by atoms with Crippen LogP contribution in [0.5, 0.6) is 5.75 Å². The first-order valence-electron chi connectivity index (χ1n) is 13.1. The van der Waals surface area contributed by atoms with Crippen LogP contribution < -0.4 is 16.0 Å². The molecular formula is C31H42N4O2. The van der Waals surface area contributed by atoms with Gasteiger partial charge < -0.3 is 26.0 Å². The van der Waals surface area contributed by atoms with Gasteiger partial charge in [-0.2, -0.15) is 0 Å². The Morgan fingerprint density at radius 3 is 2.14 bits per heavy atom. The Kier molecular flexibility index (Phi) is 10.1. The van der Waals surface area contributed by atoms with Crippen LogP contribution in [0.4, 0.5) is 10.5 Å². The highest BCUT2D eigenvalue weighted by molar-refractivity contribution is 5.91. The third-order valence-corrected chi connectivity index (χ3v) is 6.46. The molecule has 0 saturated carbocycles. The van der Waals surface area contributed by atoms with Crippen LogP contribution in [0.2, 0.25) is 0 Å². The average molecular weight is 503 g/mol. The highest BCUT2D eigenvalue weighted by atomic mass is 16.3. The van der Waals surface area contributed by atoms with Crippen molar-refractivity contribution in [2.24, 2.45) is 0 Å². The second-order valence-corrected chi connectivity index (χ2v) is 10.5. The summed E-state index contributed by atoms with van der Waals surface area (Å²) < 4.78 is 0. The monoisotopic (exact) mass is 502 g/mol.